The molecule has 0 fully saturated rings. The quantitative estimate of drug-likeness (QED) is 0.184. The zero-order valence-corrected chi connectivity index (χ0v) is 25.2. The van der Waals surface area contributed by atoms with Gasteiger partial charge in [0.25, 0.3) is 0 Å². The van der Waals surface area contributed by atoms with Crippen LogP contribution in [0.3, 0.4) is 0 Å². The summed E-state index contributed by atoms with van der Waals surface area (Å²) in [6, 6.07) is 51.4. The van der Waals surface area contributed by atoms with Crippen molar-refractivity contribution in [3.63, 3.8) is 0 Å². The van der Waals surface area contributed by atoms with Gasteiger partial charge >= 0.3 is 0 Å². The Morgan fingerprint density at radius 2 is 0.872 bits per heavy atom. The molecule has 47 heavy (non-hydrogen) atoms. The Bertz CT molecular complexity index is 2490. The van der Waals surface area contributed by atoms with Crippen molar-refractivity contribution in [1.29, 1.82) is 0 Å². The van der Waals surface area contributed by atoms with Crippen molar-refractivity contribution in [3.8, 4) is 51.4 Å². The lowest BCUT2D eigenvalue weighted by molar-refractivity contribution is 1.07. The van der Waals surface area contributed by atoms with E-state index in [2.05, 4.69) is 77.4 Å². The van der Waals surface area contributed by atoms with Crippen LogP contribution in [-0.4, -0.2) is 29.5 Å². The van der Waals surface area contributed by atoms with Gasteiger partial charge in [-0.1, -0.05) is 115 Å². The van der Waals surface area contributed by atoms with Gasteiger partial charge in [-0.2, -0.15) is 0 Å². The van der Waals surface area contributed by atoms with Crippen molar-refractivity contribution < 1.29 is 0 Å². The van der Waals surface area contributed by atoms with Crippen LogP contribution in [-0.2, 0) is 0 Å². The van der Waals surface area contributed by atoms with Gasteiger partial charge in [0.2, 0.25) is 0 Å². The minimum absolute atomic E-state index is 0.612. The lowest BCUT2D eigenvalue weighted by Crippen LogP contribution is -2.01. The van der Waals surface area contributed by atoms with E-state index in [-0.39, 0.29) is 0 Å². The Kier molecular flexibility index (Phi) is 6.35. The summed E-state index contributed by atoms with van der Waals surface area (Å²) >= 11 is 0. The number of nitrogens with zero attached hydrogens (tertiary/aromatic N) is 6. The third-order valence-electron chi connectivity index (χ3n) is 8.51. The van der Waals surface area contributed by atoms with Crippen LogP contribution in [0.1, 0.15) is 0 Å². The van der Waals surface area contributed by atoms with Crippen LogP contribution in [0.4, 0.5) is 0 Å². The summed E-state index contributed by atoms with van der Waals surface area (Å²) in [7, 11) is 0. The van der Waals surface area contributed by atoms with Gasteiger partial charge in [-0.3, -0.25) is 9.55 Å². The maximum Gasteiger partial charge on any atom is 0.164 e. The second-order valence-electron chi connectivity index (χ2n) is 11.4. The topological polar surface area (TPSA) is 69.4 Å². The first-order valence-corrected chi connectivity index (χ1v) is 15.5. The van der Waals surface area contributed by atoms with Crippen LogP contribution in [0.15, 0.2) is 158 Å². The molecule has 0 saturated carbocycles. The van der Waals surface area contributed by atoms with E-state index in [1.165, 1.54) is 10.8 Å². The normalized spacial score (nSPS) is 11.4. The molecular formula is C41H26N6. The average molecular weight is 603 g/mol. The third kappa shape index (κ3) is 4.62. The van der Waals surface area contributed by atoms with Crippen LogP contribution in [0, 0.1) is 0 Å². The van der Waals surface area contributed by atoms with Crippen molar-refractivity contribution in [2.75, 3.05) is 0 Å². The van der Waals surface area contributed by atoms with Gasteiger partial charge in [-0.25, -0.2) is 19.9 Å². The summed E-state index contributed by atoms with van der Waals surface area (Å²) in [5.74, 6) is 2.67. The van der Waals surface area contributed by atoms with Gasteiger partial charge in [0.05, 0.1) is 11.0 Å². The van der Waals surface area contributed by atoms with E-state index in [0.717, 1.165) is 55.7 Å². The molecule has 220 valence electrons. The number of pyridine rings is 1. The van der Waals surface area contributed by atoms with E-state index < -0.39 is 0 Å². The van der Waals surface area contributed by atoms with E-state index in [1.807, 2.05) is 85.1 Å². The minimum Gasteiger partial charge on any atom is -0.290 e. The van der Waals surface area contributed by atoms with Gasteiger partial charge in [0.1, 0.15) is 5.69 Å². The van der Waals surface area contributed by atoms with E-state index in [0.29, 0.717) is 17.5 Å². The maximum absolute atomic E-state index is 5.28. The Balaban J connectivity index is 1.26. The number of imidazole rings is 1. The molecule has 0 bridgehead atoms. The van der Waals surface area contributed by atoms with E-state index in [1.54, 1.807) is 0 Å². The molecule has 0 atom stereocenters. The first-order valence-electron chi connectivity index (χ1n) is 15.5. The molecule has 0 N–H and O–H groups in total. The highest BCUT2D eigenvalue weighted by Crippen LogP contribution is 2.39. The second-order valence-corrected chi connectivity index (χ2v) is 11.4. The lowest BCUT2D eigenvalue weighted by atomic mass is 10.00. The lowest BCUT2D eigenvalue weighted by Gasteiger charge is -2.13. The van der Waals surface area contributed by atoms with Crippen LogP contribution in [0.25, 0.3) is 83.9 Å². The number of fused-ring (bicyclic) bond motifs is 6. The first-order chi connectivity index (χ1) is 23.3. The van der Waals surface area contributed by atoms with Gasteiger partial charge < -0.3 is 0 Å². The molecule has 9 aromatic rings. The molecule has 3 heterocycles. The Morgan fingerprint density at radius 3 is 1.45 bits per heavy atom. The Hall–Kier alpha value is -6.53. The Labute approximate surface area is 270 Å². The highest BCUT2D eigenvalue weighted by Gasteiger charge is 2.21. The predicted octanol–water partition coefficient (Wildman–Crippen LogP) is 9.58. The molecule has 0 aliphatic carbocycles. The number of rotatable bonds is 5. The van der Waals surface area contributed by atoms with Crippen molar-refractivity contribution in [1.82, 2.24) is 29.5 Å². The summed E-state index contributed by atoms with van der Waals surface area (Å²) in [5, 5.41) is 4.62. The second kappa shape index (κ2) is 11.1. The summed E-state index contributed by atoms with van der Waals surface area (Å²) < 4.78 is 2.23. The third-order valence-corrected chi connectivity index (χ3v) is 8.51. The molecule has 0 spiro atoms. The fourth-order valence-electron chi connectivity index (χ4n) is 6.32. The van der Waals surface area contributed by atoms with Gasteiger partial charge in [0, 0.05) is 39.3 Å². The molecule has 3 aromatic heterocycles. The fraction of sp³-hybridized carbons (Fsp3) is 0. The number of benzene rings is 6. The first kappa shape index (κ1) is 26.8. The monoisotopic (exact) mass is 602 g/mol. The molecule has 0 unspecified atom stereocenters. The summed E-state index contributed by atoms with van der Waals surface area (Å²) in [5.41, 5.74) is 6.54. The molecule has 0 amide bonds. The van der Waals surface area contributed by atoms with E-state index in [4.69, 9.17) is 24.9 Å². The van der Waals surface area contributed by atoms with Gasteiger partial charge in [0.15, 0.2) is 23.3 Å². The smallest absolute Gasteiger partial charge is 0.164 e. The Morgan fingerprint density at radius 1 is 0.383 bits per heavy atom. The molecule has 6 aromatic carbocycles. The van der Waals surface area contributed by atoms with Crippen molar-refractivity contribution >= 4 is 32.6 Å². The highest BCUT2D eigenvalue weighted by atomic mass is 15.1. The van der Waals surface area contributed by atoms with Crippen molar-refractivity contribution in [2.24, 2.45) is 0 Å². The van der Waals surface area contributed by atoms with Gasteiger partial charge in [-0.15, -0.1) is 0 Å². The fourth-order valence-corrected chi connectivity index (χ4v) is 6.32. The zero-order valence-electron chi connectivity index (χ0n) is 25.2. The molecule has 0 aliphatic rings. The molecular weight excluding hydrogens is 576 g/mol. The van der Waals surface area contributed by atoms with Crippen molar-refractivity contribution in [3.05, 3.63) is 158 Å². The van der Waals surface area contributed by atoms with Crippen molar-refractivity contribution in [2.45, 2.75) is 0 Å². The average Bonchev–Trinajstić information content (AvgIpc) is 3.57. The molecule has 6 nitrogen and oxygen atoms in total. The zero-order chi connectivity index (χ0) is 31.2. The minimum atomic E-state index is 0.612. The molecule has 0 saturated heterocycles. The summed E-state index contributed by atoms with van der Waals surface area (Å²) in [4.78, 5) is 24.7. The molecule has 6 heteroatoms. The number of aromatic nitrogens is 6. The number of hydrogen-bond donors (Lipinski definition) is 0. The largest absolute Gasteiger partial charge is 0.290 e. The SMILES string of the molecule is c1ccc(-c2nc(-c3ccccc3)nc(-c3ccc(-n4c(-c5ccccn5)nc5c6ccccc6c6ccccc6c54)cc3)n2)cc1. The van der Waals surface area contributed by atoms with Crippen LogP contribution < -0.4 is 0 Å². The number of hydrogen-bond acceptors (Lipinski definition) is 5. The summed E-state index contributed by atoms with van der Waals surface area (Å²) in [6.45, 7) is 0. The highest BCUT2D eigenvalue weighted by molar-refractivity contribution is 6.24. The molecule has 0 radical (unpaired) electrons. The standard InChI is InChI=1S/C41H26N6/c1-3-13-27(14-4-1)38-44-39(28-15-5-2-6-16-28)46-40(45-38)29-22-24-30(25-23-29)47-37-34-20-10-8-18-32(34)31-17-7-9-19-33(31)36(37)43-41(47)35-21-11-12-26-42-35/h1-26H. The van der Waals surface area contributed by atoms with Crippen LogP contribution in [0.5, 0.6) is 0 Å². The molecule has 9 rings (SSSR count). The summed E-state index contributed by atoms with van der Waals surface area (Å²) in [6.07, 6.45) is 1.81. The predicted molar refractivity (Wildman–Crippen MR) is 189 cm³/mol. The van der Waals surface area contributed by atoms with E-state index in [9.17, 15) is 0 Å². The van der Waals surface area contributed by atoms with E-state index >= 15 is 0 Å². The van der Waals surface area contributed by atoms with Crippen LogP contribution >= 0.6 is 0 Å². The molecule has 0 aliphatic heterocycles. The van der Waals surface area contributed by atoms with Gasteiger partial charge in [-0.05, 0) is 47.2 Å². The van der Waals surface area contributed by atoms with Crippen LogP contribution in [0.2, 0.25) is 0 Å². The maximum atomic E-state index is 5.28.